The molecule has 55 heavy (non-hydrogen) atoms. The summed E-state index contributed by atoms with van der Waals surface area (Å²) in [6.45, 7) is 5.35. The van der Waals surface area contributed by atoms with Crippen LogP contribution in [0.5, 0.6) is 5.75 Å². The molecule has 2 saturated heterocycles. The number of carbonyl (C=O) groups excluding carboxylic acids is 2. The molecule has 3 aliphatic carbocycles. The van der Waals surface area contributed by atoms with Crippen molar-refractivity contribution < 1.29 is 22.7 Å². The van der Waals surface area contributed by atoms with Crippen LogP contribution in [0.15, 0.2) is 76.1 Å². The highest BCUT2D eigenvalue weighted by molar-refractivity contribution is 9.10. The van der Waals surface area contributed by atoms with Crippen molar-refractivity contribution in [1.82, 2.24) is 23.9 Å². The molecule has 5 aromatic rings. The number of benzene rings is 3. The largest absolute Gasteiger partial charge is 0.494 e. The van der Waals surface area contributed by atoms with Crippen molar-refractivity contribution in [3.63, 3.8) is 0 Å². The van der Waals surface area contributed by atoms with Crippen LogP contribution in [0.1, 0.15) is 49.4 Å². The third-order valence-corrected chi connectivity index (χ3v) is 16.1. The van der Waals surface area contributed by atoms with Crippen LogP contribution in [0.25, 0.3) is 33.5 Å². The quantitative estimate of drug-likeness (QED) is 0.175. The number of ether oxygens (including phenoxy) is 1. The maximum atomic E-state index is 14.6. The zero-order valence-electron chi connectivity index (χ0n) is 31.0. The van der Waals surface area contributed by atoms with Gasteiger partial charge in [0, 0.05) is 71.4 Å². The smallest absolute Gasteiger partial charge is 0.254 e. The Morgan fingerprint density at radius 1 is 0.945 bits per heavy atom. The molecule has 3 saturated carbocycles. The van der Waals surface area contributed by atoms with Gasteiger partial charge in [-0.3, -0.25) is 9.59 Å². The van der Waals surface area contributed by atoms with Crippen LogP contribution in [0, 0.1) is 29.6 Å². The van der Waals surface area contributed by atoms with Gasteiger partial charge in [-0.05, 0) is 92.5 Å². The molecule has 286 valence electrons. The van der Waals surface area contributed by atoms with Gasteiger partial charge < -0.3 is 29.4 Å². The Bertz CT molecular complexity index is 2500. The highest BCUT2D eigenvalue weighted by Crippen LogP contribution is 2.50. The molecule has 0 spiro atoms. The first-order valence-corrected chi connectivity index (χ1v) is 21.8. The number of hydrogen-bond acceptors (Lipinski definition) is 7. The number of amides is 2. The number of hydrogen-bond donors (Lipinski definition) is 1. The van der Waals surface area contributed by atoms with Crippen LogP contribution in [-0.4, -0.2) is 81.8 Å². The van der Waals surface area contributed by atoms with Crippen LogP contribution < -0.4 is 10.5 Å². The van der Waals surface area contributed by atoms with E-state index in [2.05, 4.69) is 62.3 Å². The molecule has 5 fully saturated rings. The van der Waals surface area contributed by atoms with Gasteiger partial charge in [-0.15, -0.1) is 0 Å². The topological polar surface area (TPSA) is 133 Å². The Kier molecular flexibility index (Phi) is 8.11. The Balaban J connectivity index is 1.04. The lowest BCUT2D eigenvalue weighted by Gasteiger charge is -2.40. The SMILES string of the molecule is COc1cc(C(=O)N2CC3CCC2C3(N)S(=O)(=O)c2ccc(Br)cc2)cc2nc(-c3cc4ccccc4n3CC3CC3)n(CC3CN(C(=O)[C@H]4CC4C)C3)c12. The summed E-state index contributed by atoms with van der Waals surface area (Å²) in [5, 5.41) is 1.14. The summed E-state index contributed by atoms with van der Waals surface area (Å²) >= 11 is 3.39. The Morgan fingerprint density at radius 2 is 1.67 bits per heavy atom. The lowest BCUT2D eigenvalue weighted by Crippen LogP contribution is -2.57. The van der Waals surface area contributed by atoms with Crippen molar-refractivity contribution >= 4 is 59.5 Å². The first kappa shape index (κ1) is 35.2. The second-order valence-corrected chi connectivity index (χ2v) is 19.8. The van der Waals surface area contributed by atoms with E-state index in [1.807, 2.05) is 11.0 Å². The molecule has 10 rings (SSSR count). The van der Waals surface area contributed by atoms with Crippen LogP contribution in [-0.2, 0) is 27.7 Å². The lowest BCUT2D eigenvalue weighted by molar-refractivity contribution is -0.139. The van der Waals surface area contributed by atoms with Crippen molar-refractivity contribution in [3.05, 3.63) is 76.8 Å². The second-order valence-electron chi connectivity index (χ2n) is 16.7. The van der Waals surface area contributed by atoms with Gasteiger partial charge in [0.05, 0.1) is 29.3 Å². The van der Waals surface area contributed by atoms with Gasteiger partial charge in [-0.1, -0.05) is 41.1 Å². The van der Waals surface area contributed by atoms with Gasteiger partial charge in [0.2, 0.25) is 5.91 Å². The highest BCUT2D eigenvalue weighted by atomic mass is 79.9. The first-order valence-electron chi connectivity index (χ1n) is 19.5. The molecule has 11 nitrogen and oxygen atoms in total. The van der Waals surface area contributed by atoms with E-state index in [0.717, 1.165) is 45.4 Å². The number of sulfone groups is 1. The number of aromatic nitrogens is 3. The van der Waals surface area contributed by atoms with E-state index in [0.29, 0.717) is 61.1 Å². The minimum Gasteiger partial charge on any atom is -0.494 e. The van der Waals surface area contributed by atoms with Crippen LogP contribution >= 0.6 is 15.9 Å². The normalized spacial score (nSPS) is 26.3. The molecular formula is C42H45BrN6O5S. The molecule has 13 heteroatoms. The van der Waals surface area contributed by atoms with E-state index in [-0.39, 0.29) is 35.1 Å². The van der Waals surface area contributed by atoms with Crippen LogP contribution in [0.4, 0.5) is 0 Å². The molecule has 3 aromatic carbocycles. The fourth-order valence-electron chi connectivity index (χ4n) is 9.74. The molecule has 4 heterocycles. The van der Waals surface area contributed by atoms with E-state index in [9.17, 15) is 18.0 Å². The minimum absolute atomic E-state index is 0.158. The van der Waals surface area contributed by atoms with Crippen molar-refractivity contribution in [2.75, 3.05) is 26.7 Å². The number of methoxy groups -OCH3 is 1. The monoisotopic (exact) mass is 824 g/mol. The van der Waals surface area contributed by atoms with Gasteiger partial charge in [0.15, 0.2) is 15.7 Å². The maximum Gasteiger partial charge on any atom is 0.254 e. The van der Waals surface area contributed by atoms with Crippen LogP contribution in [0.2, 0.25) is 0 Å². The summed E-state index contributed by atoms with van der Waals surface area (Å²) in [6.07, 6.45) is 4.54. The number of piperidine rings is 1. The van der Waals surface area contributed by atoms with Gasteiger partial charge >= 0.3 is 0 Å². The number of halogens is 1. The molecule has 5 atom stereocenters. The van der Waals surface area contributed by atoms with E-state index in [4.69, 9.17) is 15.5 Å². The minimum atomic E-state index is -3.97. The zero-order chi connectivity index (χ0) is 38.0. The predicted molar refractivity (Wildman–Crippen MR) is 213 cm³/mol. The summed E-state index contributed by atoms with van der Waals surface area (Å²) in [6, 6.07) is 20.1. The first-order chi connectivity index (χ1) is 26.5. The van der Waals surface area contributed by atoms with Crippen molar-refractivity contribution in [1.29, 1.82) is 0 Å². The number of para-hydroxylation sites is 1. The average Bonchev–Trinajstić information content (AvgIpc) is 4.00. The second kappa shape index (κ2) is 12.7. The Hall–Kier alpha value is -4.20. The molecule has 2 N–H and O–H groups in total. The number of carbonyl (C=O) groups is 2. The van der Waals surface area contributed by atoms with E-state index in [1.54, 1.807) is 42.3 Å². The van der Waals surface area contributed by atoms with Gasteiger partial charge in [-0.25, -0.2) is 13.4 Å². The molecule has 2 bridgehead atoms. The van der Waals surface area contributed by atoms with E-state index < -0.39 is 26.7 Å². The number of rotatable bonds is 10. The van der Waals surface area contributed by atoms with Crippen molar-refractivity contribution in [2.45, 2.75) is 67.9 Å². The van der Waals surface area contributed by atoms with Gasteiger partial charge in [-0.2, -0.15) is 0 Å². The van der Waals surface area contributed by atoms with Crippen molar-refractivity contribution in [3.8, 4) is 17.3 Å². The molecule has 2 amide bonds. The number of fused-ring (bicyclic) bond motifs is 4. The molecule has 5 aliphatic rings. The summed E-state index contributed by atoms with van der Waals surface area (Å²) < 4.78 is 39.8. The third kappa shape index (κ3) is 5.50. The average molecular weight is 826 g/mol. The number of nitrogens with two attached hydrogens (primary N) is 1. The van der Waals surface area contributed by atoms with Crippen molar-refractivity contribution in [2.24, 2.45) is 35.3 Å². The lowest BCUT2D eigenvalue weighted by atomic mass is 9.98. The summed E-state index contributed by atoms with van der Waals surface area (Å²) in [5.41, 5.74) is 10.9. The standard InChI is InChI=1S/C42H45BrN6O5S/c1-24-15-32(24)41(51)46-19-26(20-46)22-49-38-33(45-39(49)35-17-27-5-3-4-6-34(27)47(35)21-25-7-8-25)16-28(18-36(38)54-2)40(50)48-23-29-9-14-37(48)42(29,44)55(52,53)31-12-10-30(43)11-13-31/h3-6,10-13,16-18,24-26,29,32,37H,7-9,14-15,19-23,44H2,1-2H3/t24?,29?,32-,37?,42?/m0/s1. The van der Waals surface area contributed by atoms with E-state index in [1.165, 1.54) is 12.8 Å². The number of imidazole rings is 1. The molecule has 0 radical (unpaired) electrons. The van der Waals surface area contributed by atoms with Crippen LogP contribution in [0.3, 0.4) is 0 Å². The summed E-state index contributed by atoms with van der Waals surface area (Å²) in [7, 11) is -2.36. The zero-order valence-corrected chi connectivity index (χ0v) is 33.4. The Labute approximate surface area is 328 Å². The summed E-state index contributed by atoms with van der Waals surface area (Å²) in [4.78, 5) is 35.1. The highest BCUT2D eigenvalue weighted by Gasteiger charge is 2.64. The fraction of sp³-hybridized carbons (Fsp3) is 0.452. The van der Waals surface area contributed by atoms with Gasteiger partial charge in [0.25, 0.3) is 5.91 Å². The van der Waals surface area contributed by atoms with E-state index >= 15 is 0 Å². The molecule has 2 aliphatic heterocycles. The predicted octanol–water partition coefficient (Wildman–Crippen LogP) is 6.32. The Morgan fingerprint density at radius 3 is 2.38 bits per heavy atom. The molecule has 2 aromatic heterocycles. The number of nitrogens with zero attached hydrogens (tertiary/aromatic N) is 5. The fourth-order valence-corrected chi connectivity index (χ4v) is 12.1. The van der Waals surface area contributed by atoms with Gasteiger partial charge in [0.1, 0.15) is 16.1 Å². The molecule has 4 unspecified atom stereocenters. The maximum absolute atomic E-state index is 14.6. The number of likely N-dealkylation sites (tertiary alicyclic amines) is 2. The third-order valence-electron chi connectivity index (χ3n) is 13.2. The molecular weight excluding hydrogens is 780 g/mol. The summed E-state index contributed by atoms with van der Waals surface area (Å²) in [5.74, 6) is 2.42.